The molecule has 2 N–H and O–H groups in total. The van der Waals surface area contributed by atoms with E-state index < -0.39 is 0 Å². The number of nitrogens with zero attached hydrogens (tertiary/aromatic N) is 2. The summed E-state index contributed by atoms with van der Waals surface area (Å²) in [5, 5.41) is 19.3. The number of aromatic nitrogens is 1. The number of benzene rings is 1. The molecule has 1 aromatic heterocycles. The van der Waals surface area contributed by atoms with E-state index in [0.29, 0.717) is 18.5 Å². The summed E-state index contributed by atoms with van der Waals surface area (Å²) in [6, 6.07) is 8.18. The van der Waals surface area contributed by atoms with Crippen LogP contribution >= 0.6 is 11.6 Å². The molecule has 6 heteroatoms. The van der Waals surface area contributed by atoms with Crippen LogP contribution < -0.4 is 0 Å². The molecular formula is C18H21ClN2O3. The van der Waals surface area contributed by atoms with Crippen molar-refractivity contribution in [2.75, 3.05) is 6.61 Å². The Hall–Kier alpha value is -2.11. The molecule has 1 heterocycles. The lowest BCUT2D eigenvalue weighted by molar-refractivity contribution is -0.134. The van der Waals surface area contributed by atoms with Crippen LogP contribution in [0.15, 0.2) is 42.7 Å². The molecule has 1 unspecified atom stereocenters. The zero-order chi connectivity index (χ0) is 17.5. The van der Waals surface area contributed by atoms with Gasteiger partial charge in [-0.25, -0.2) is 0 Å². The molecule has 0 aliphatic rings. The summed E-state index contributed by atoms with van der Waals surface area (Å²) in [6.07, 6.45) is 4.19. The van der Waals surface area contributed by atoms with Gasteiger partial charge in [0.2, 0.25) is 5.91 Å². The minimum Gasteiger partial charge on any atom is -0.506 e. The Morgan fingerprint density at radius 3 is 2.71 bits per heavy atom. The van der Waals surface area contributed by atoms with Gasteiger partial charge in [-0.3, -0.25) is 9.78 Å². The fourth-order valence-electron chi connectivity index (χ4n) is 2.49. The average Bonchev–Trinajstić information content (AvgIpc) is 2.59. The predicted octanol–water partition coefficient (Wildman–Crippen LogP) is 2.78. The first-order chi connectivity index (χ1) is 11.5. The van der Waals surface area contributed by atoms with Gasteiger partial charge in [0.1, 0.15) is 5.75 Å². The molecule has 128 valence electrons. The third kappa shape index (κ3) is 4.69. The third-order valence-corrected chi connectivity index (χ3v) is 4.19. The van der Waals surface area contributed by atoms with Crippen molar-refractivity contribution in [2.45, 2.75) is 32.4 Å². The summed E-state index contributed by atoms with van der Waals surface area (Å²) < 4.78 is 0. The molecule has 0 radical (unpaired) electrons. The van der Waals surface area contributed by atoms with Crippen LogP contribution in [0.4, 0.5) is 0 Å². The van der Waals surface area contributed by atoms with Crippen LogP contribution in [-0.4, -0.2) is 38.7 Å². The van der Waals surface area contributed by atoms with Gasteiger partial charge in [-0.2, -0.15) is 0 Å². The van der Waals surface area contributed by atoms with E-state index in [2.05, 4.69) is 4.98 Å². The van der Waals surface area contributed by atoms with E-state index in [1.165, 1.54) is 6.07 Å². The highest BCUT2D eigenvalue weighted by Crippen LogP contribution is 2.24. The third-order valence-electron chi connectivity index (χ3n) is 3.89. The lowest BCUT2D eigenvalue weighted by atomic mass is 10.1. The van der Waals surface area contributed by atoms with Crippen molar-refractivity contribution < 1.29 is 15.0 Å². The monoisotopic (exact) mass is 348 g/mol. The quantitative estimate of drug-likeness (QED) is 0.807. The minimum absolute atomic E-state index is 0.0122. The van der Waals surface area contributed by atoms with Gasteiger partial charge in [0.05, 0.1) is 24.1 Å². The summed E-state index contributed by atoms with van der Waals surface area (Å²) >= 11 is 5.90. The number of carbonyl (C=O) groups is 1. The second-order valence-corrected chi connectivity index (χ2v) is 6.00. The first-order valence-electron chi connectivity index (χ1n) is 7.81. The standard InChI is InChI=1S/C18H21ClN2O3/c1-2-15(12-22)21(11-14-4-3-7-20-10-14)18(24)9-13-5-6-17(23)16(19)8-13/h3-8,10,15,22-23H,2,9,11-12H2,1H3. The van der Waals surface area contributed by atoms with E-state index in [9.17, 15) is 15.0 Å². The molecule has 2 aromatic rings. The van der Waals surface area contributed by atoms with Gasteiger partial charge in [0.25, 0.3) is 0 Å². The number of pyridine rings is 1. The number of hydrogen-bond acceptors (Lipinski definition) is 4. The molecule has 1 aromatic carbocycles. The lowest BCUT2D eigenvalue weighted by Gasteiger charge is -2.30. The molecule has 1 atom stereocenters. The summed E-state index contributed by atoms with van der Waals surface area (Å²) in [4.78, 5) is 18.5. The highest BCUT2D eigenvalue weighted by atomic mass is 35.5. The number of amides is 1. The lowest BCUT2D eigenvalue weighted by Crippen LogP contribution is -2.42. The number of phenolic OH excluding ortho intramolecular Hbond substituents is 1. The van der Waals surface area contributed by atoms with Crippen LogP contribution in [0.5, 0.6) is 5.75 Å². The van der Waals surface area contributed by atoms with Crippen molar-refractivity contribution >= 4 is 17.5 Å². The largest absolute Gasteiger partial charge is 0.506 e. The molecular weight excluding hydrogens is 328 g/mol. The Balaban J connectivity index is 2.18. The topological polar surface area (TPSA) is 73.7 Å². The van der Waals surface area contributed by atoms with Gasteiger partial charge in [0.15, 0.2) is 0 Å². The average molecular weight is 349 g/mol. The summed E-state index contributed by atoms with van der Waals surface area (Å²) in [6.45, 7) is 2.22. The van der Waals surface area contributed by atoms with Crippen molar-refractivity contribution in [3.63, 3.8) is 0 Å². The minimum atomic E-state index is -0.259. The van der Waals surface area contributed by atoms with E-state index in [1.54, 1.807) is 29.4 Å². The van der Waals surface area contributed by atoms with Crippen molar-refractivity contribution in [2.24, 2.45) is 0 Å². The number of phenols is 1. The van der Waals surface area contributed by atoms with E-state index in [4.69, 9.17) is 11.6 Å². The second kappa shape index (κ2) is 8.66. The molecule has 0 saturated carbocycles. The van der Waals surface area contributed by atoms with E-state index >= 15 is 0 Å². The maximum absolute atomic E-state index is 12.8. The maximum atomic E-state index is 12.8. The fraction of sp³-hybridized carbons (Fsp3) is 0.333. The van der Waals surface area contributed by atoms with Gasteiger partial charge in [0, 0.05) is 18.9 Å². The maximum Gasteiger partial charge on any atom is 0.227 e. The second-order valence-electron chi connectivity index (χ2n) is 5.59. The number of hydrogen-bond donors (Lipinski definition) is 2. The molecule has 24 heavy (non-hydrogen) atoms. The normalized spacial score (nSPS) is 12.0. The molecule has 5 nitrogen and oxygen atoms in total. The van der Waals surface area contributed by atoms with Gasteiger partial charge in [-0.1, -0.05) is 30.7 Å². The molecule has 0 aliphatic carbocycles. The first kappa shape index (κ1) is 18.2. The highest BCUT2D eigenvalue weighted by Gasteiger charge is 2.22. The number of halogens is 1. The van der Waals surface area contributed by atoms with Gasteiger partial charge < -0.3 is 15.1 Å². The number of rotatable bonds is 7. The SMILES string of the molecule is CCC(CO)N(Cc1cccnc1)C(=O)Cc1ccc(O)c(Cl)c1. The molecule has 0 aliphatic heterocycles. The predicted molar refractivity (Wildman–Crippen MR) is 92.8 cm³/mol. The van der Waals surface area contributed by atoms with Crippen molar-refractivity contribution in [1.29, 1.82) is 0 Å². The Morgan fingerprint density at radius 1 is 1.33 bits per heavy atom. The number of carbonyl (C=O) groups excluding carboxylic acids is 1. The van der Waals surface area contributed by atoms with E-state index in [1.807, 2.05) is 19.1 Å². The smallest absolute Gasteiger partial charge is 0.227 e. The van der Waals surface area contributed by atoms with E-state index in [-0.39, 0.29) is 35.7 Å². The van der Waals surface area contributed by atoms with Crippen LogP contribution in [0.3, 0.4) is 0 Å². The van der Waals surface area contributed by atoms with Gasteiger partial charge in [-0.05, 0) is 35.7 Å². The zero-order valence-electron chi connectivity index (χ0n) is 13.5. The number of aliphatic hydroxyl groups excluding tert-OH is 1. The van der Waals surface area contributed by atoms with Gasteiger partial charge in [-0.15, -0.1) is 0 Å². The number of aromatic hydroxyl groups is 1. The van der Waals surface area contributed by atoms with Crippen LogP contribution in [-0.2, 0) is 17.8 Å². The summed E-state index contributed by atoms with van der Waals surface area (Å²) in [5.41, 5.74) is 1.62. The molecule has 0 fully saturated rings. The van der Waals surface area contributed by atoms with Crippen molar-refractivity contribution in [3.8, 4) is 5.75 Å². The summed E-state index contributed by atoms with van der Waals surface area (Å²) in [7, 11) is 0. The molecule has 2 rings (SSSR count). The van der Waals surface area contributed by atoms with Crippen LogP contribution in [0.1, 0.15) is 24.5 Å². The Labute approximate surface area is 146 Å². The van der Waals surface area contributed by atoms with Crippen LogP contribution in [0.2, 0.25) is 5.02 Å². The Kier molecular flexibility index (Phi) is 6.58. The zero-order valence-corrected chi connectivity index (χ0v) is 14.3. The molecule has 0 spiro atoms. The molecule has 0 bridgehead atoms. The first-order valence-corrected chi connectivity index (χ1v) is 8.19. The van der Waals surface area contributed by atoms with Crippen LogP contribution in [0.25, 0.3) is 0 Å². The number of aliphatic hydroxyl groups is 1. The van der Waals surface area contributed by atoms with Gasteiger partial charge >= 0.3 is 0 Å². The van der Waals surface area contributed by atoms with E-state index in [0.717, 1.165) is 5.56 Å². The fourth-order valence-corrected chi connectivity index (χ4v) is 2.70. The molecule has 0 saturated heterocycles. The van der Waals surface area contributed by atoms with Crippen LogP contribution in [0, 0.1) is 0 Å². The summed E-state index contributed by atoms with van der Waals surface area (Å²) in [5.74, 6) is -0.122. The highest BCUT2D eigenvalue weighted by molar-refractivity contribution is 6.32. The van der Waals surface area contributed by atoms with Crippen molar-refractivity contribution in [3.05, 3.63) is 58.9 Å². The Bertz CT molecular complexity index is 675. The molecule has 1 amide bonds. The Morgan fingerprint density at radius 2 is 2.12 bits per heavy atom. The van der Waals surface area contributed by atoms with Crippen molar-refractivity contribution in [1.82, 2.24) is 9.88 Å².